The molecular formula is C23H21ClN4O5S2. The molecular weight excluding hydrogens is 512 g/mol. The summed E-state index contributed by atoms with van der Waals surface area (Å²) >= 11 is 7.24. The first-order valence-corrected chi connectivity index (χ1v) is 13.5. The van der Waals surface area contributed by atoms with Crippen molar-refractivity contribution in [2.24, 2.45) is 10.1 Å². The van der Waals surface area contributed by atoms with E-state index in [0.717, 1.165) is 34.2 Å². The van der Waals surface area contributed by atoms with Gasteiger partial charge < -0.3 is 9.47 Å². The van der Waals surface area contributed by atoms with E-state index in [9.17, 15) is 13.2 Å². The summed E-state index contributed by atoms with van der Waals surface area (Å²) in [6.07, 6.45) is 2.43. The minimum Gasteiger partial charge on any atom is -0.490 e. The van der Waals surface area contributed by atoms with E-state index in [1.54, 1.807) is 12.1 Å². The topological polar surface area (TPSA) is 121 Å². The molecule has 2 aliphatic rings. The molecule has 35 heavy (non-hydrogen) atoms. The van der Waals surface area contributed by atoms with Gasteiger partial charge in [-0.15, -0.1) is 5.10 Å². The van der Waals surface area contributed by atoms with E-state index in [1.165, 1.54) is 6.08 Å². The van der Waals surface area contributed by atoms with Crippen LogP contribution in [-0.2, 0) is 21.2 Å². The predicted molar refractivity (Wildman–Crippen MR) is 138 cm³/mol. The molecule has 1 N–H and O–H groups in total. The van der Waals surface area contributed by atoms with Gasteiger partial charge >= 0.3 is 0 Å². The van der Waals surface area contributed by atoms with Crippen molar-refractivity contribution in [3.8, 4) is 11.5 Å². The Kier molecular flexibility index (Phi) is 7.02. The van der Waals surface area contributed by atoms with Crippen LogP contribution in [0.1, 0.15) is 23.6 Å². The van der Waals surface area contributed by atoms with Crippen LogP contribution in [0.3, 0.4) is 0 Å². The smallest absolute Gasteiger partial charge is 0.283 e. The van der Waals surface area contributed by atoms with Crippen LogP contribution in [0.25, 0.3) is 6.08 Å². The average molecular weight is 533 g/mol. The molecule has 12 heteroatoms. The van der Waals surface area contributed by atoms with Gasteiger partial charge in [-0.05, 0) is 54.9 Å². The summed E-state index contributed by atoms with van der Waals surface area (Å²) in [6.45, 7) is 4.46. The number of amidine groups is 2. The van der Waals surface area contributed by atoms with E-state index in [2.05, 4.69) is 10.1 Å². The molecule has 9 nitrogen and oxygen atoms in total. The molecule has 0 bridgehead atoms. The van der Waals surface area contributed by atoms with Crippen molar-refractivity contribution in [1.82, 2.24) is 5.01 Å². The number of hydrazone groups is 1. The number of hydrogen-bond donors (Lipinski definition) is 1. The van der Waals surface area contributed by atoms with Crippen molar-refractivity contribution >= 4 is 60.6 Å². The molecule has 0 atom stereocenters. The summed E-state index contributed by atoms with van der Waals surface area (Å²) in [5.74, 6) is -0.235. The molecule has 1 amide bonds. The van der Waals surface area contributed by atoms with Crippen LogP contribution >= 0.6 is 23.4 Å². The lowest BCUT2D eigenvalue weighted by Crippen LogP contribution is -2.35. The molecule has 2 aromatic carbocycles. The second-order valence-electron chi connectivity index (χ2n) is 7.70. The normalized spacial score (nSPS) is 16.8. The third kappa shape index (κ3) is 5.42. The monoisotopic (exact) mass is 532 g/mol. The molecule has 0 unspecified atom stereocenters. The Hall–Kier alpha value is -3.15. The molecule has 2 aliphatic heterocycles. The van der Waals surface area contributed by atoms with Gasteiger partial charge in [0, 0.05) is 6.26 Å². The summed E-state index contributed by atoms with van der Waals surface area (Å²) in [5.41, 5.74) is 2.49. The lowest BCUT2D eigenvalue weighted by atomic mass is 10.1. The number of sulfone groups is 1. The van der Waals surface area contributed by atoms with E-state index >= 15 is 0 Å². The van der Waals surface area contributed by atoms with Crippen LogP contribution in [-0.4, -0.2) is 47.6 Å². The summed E-state index contributed by atoms with van der Waals surface area (Å²) in [7, 11) is -3.61. The summed E-state index contributed by atoms with van der Waals surface area (Å²) < 4.78 is 35.1. The van der Waals surface area contributed by atoms with Gasteiger partial charge in [-0.3, -0.25) is 10.2 Å². The third-order valence-electron chi connectivity index (χ3n) is 4.86. The van der Waals surface area contributed by atoms with Crippen LogP contribution in [0, 0.1) is 12.3 Å². The Morgan fingerprint density at radius 3 is 2.69 bits per heavy atom. The zero-order valence-electron chi connectivity index (χ0n) is 19.0. The van der Waals surface area contributed by atoms with Gasteiger partial charge in [-0.1, -0.05) is 41.4 Å². The van der Waals surface area contributed by atoms with Crippen molar-refractivity contribution in [3.05, 3.63) is 63.7 Å². The number of carbonyl (C=O) groups is 1. The number of carbonyl (C=O) groups excluding carboxylic acids is 1. The van der Waals surface area contributed by atoms with Gasteiger partial charge in [0.05, 0.1) is 17.2 Å². The number of aliphatic imine (C=N–C) groups is 1. The third-order valence-corrected chi connectivity index (χ3v) is 7.72. The first-order valence-electron chi connectivity index (χ1n) is 10.4. The number of nitrogens with zero attached hydrogens (tertiary/aromatic N) is 3. The van der Waals surface area contributed by atoms with Crippen LogP contribution in [0.5, 0.6) is 11.5 Å². The number of halogens is 1. The van der Waals surface area contributed by atoms with Gasteiger partial charge in [0.15, 0.2) is 17.3 Å². The van der Waals surface area contributed by atoms with Crippen molar-refractivity contribution in [3.63, 3.8) is 0 Å². The summed E-state index contributed by atoms with van der Waals surface area (Å²) in [6, 6.07) is 11.1. The zero-order chi connectivity index (χ0) is 25.3. The lowest BCUT2D eigenvalue weighted by Gasteiger charge is -2.20. The second kappa shape index (κ2) is 9.84. The molecule has 2 aromatic rings. The molecule has 0 saturated heterocycles. The fraction of sp³-hybridized carbons (Fsp3) is 0.217. The van der Waals surface area contributed by atoms with Gasteiger partial charge in [0.25, 0.3) is 5.91 Å². The Morgan fingerprint density at radius 1 is 1.23 bits per heavy atom. The Labute approximate surface area is 211 Å². The maximum absolute atomic E-state index is 12.6. The molecule has 0 aromatic heterocycles. The number of thioether (sulfide) groups is 1. The first kappa shape index (κ1) is 25.0. The lowest BCUT2D eigenvalue weighted by molar-refractivity contribution is -0.114. The maximum atomic E-state index is 12.6. The van der Waals surface area contributed by atoms with Crippen molar-refractivity contribution < 1.29 is 22.7 Å². The van der Waals surface area contributed by atoms with Crippen LogP contribution < -0.4 is 9.47 Å². The number of nitrogens with one attached hydrogen (secondary N) is 1. The molecule has 0 aliphatic carbocycles. The SMILES string of the molecule is CCOc1cc(/C=C2\C(=N)N3N=C(S(C)(=O)=O)SC3=NC2=O)cc(Cl)c1OCc1cccc(C)c1. The van der Waals surface area contributed by atoms with E-state index in [0.29, 0.717) is 23.7 Å². The average Bonchev–Trinajstić information content (AvgIpc) is 3.21. The predicted octanol–water partition coefficient (Wildman–Crippen LogP) is 4.25. The highest BCUT2D eigenvalue weighted by Crippen LogP contribution is 2.38. The van der Waals surface area contributed by atoms with Crippen LogP contribution in [0.2, 0.25) is 5.02 Å². The van der Waals surface area contributed by atoms with Crippen molar-refractivity contribution in [1.29, 1.82) is 5.41 Å². The number of hydrogen-bond acceptors (Lipinski definition) is 8. The van der Waals surface area contributed by atoms with Gasteiger partial charge in [-0.2, -0.15) is 10.0 Å². The standard InChI is InChI=1S/C23H21ClN4O5S2/c1-4-32-18-11-15(10-17(24)19(18)33-12-14-7-5-6-13(2)8-14)9-16-20(25)28-22(26-21(16)29)34-23(27-28)35(3,30)31/h5-11,25H,4,12H2,1-3H3/b16-9+,25-20?. The van der Waals surface area contributed by atoms with Crippen molar-refractivity contribution in [2.75, 3.05) is 12.9 Å². The quantitative estimate of drug-likeness (QED) is 0.552. The van der Waals surface area contributed by atoms with E-state index < -0.39 is 15.7 Å². The number of benzene rings is 2. The number of rotatable bonds is 6. The molecule has 0 fully saturated rings. The molecule has 0 saturated carbocycles. The fourth-order valence-electron chi connectivity index (χ4n) is 3.32. The molecule has 0 radical (unpaired) electrons. The number of aryl methyl sites for hydroxylation is 1. The van der Waals surface area contributed by atoms with Gasteiger partial charge in [-0.25, -0.2) is 8.42 Å². The highest BCUT2D eigenvalue weighted by Gasteiger charge is 2.38. The van der Waals surface area contributed by atoms with Crippen molar-refractivity contribution in [2.45, 2.75) is 20.5 Å². The molecule has 182 valence electrons. The zero-order valence-corrected chi connectivity index (χ0v) is 21.4. The van der Waals surface area contributed by atoms with Crippen LogP contribution in [0.4, 0.5) is 0 Å². The Balaban J connectivity index is 1.65. The van der Waals surface area contributed by atoms with Gasteiger partial charge in [0.1, 0.15) is 6.61 Å². The van der Waals surface area contributed by atoms with Gasteiger partial charge in [0.2, 0.25) is 19.4 Å². The number of amides is 1. The largest absolute Gasteiger partial charge is 0.490 e. The van der Waals surface area contributed by atoms with E-state index in [-0.39, 0.29) is 32.6 Å². The maximum Gasteiger partial charge on any atom is 0.283 e. The minimum absolute atomic E-state index is 0.0190. The second-order valence-corrected chi connectivity index (χ2v) is 11.3. The highest BCUT2D eigenvalue weighted by molar-refractivity contribution is 8.42. The molecule has 2 heterocycles. The van der Waals surface area contributed by atoms with E-state index in [4.69, 9.17) is 26.5 Å². The molecule has 4 rings (SSSR count). The van der Waals surface area contributed by atoms with E-state index in [1.807, 2.05) is 38.1 Å². The molecule has 0 spiro atoms. The Bertz CT molecular complexity index is 1430. The minimum atomic E-state index is -3.61. The summed E-state index contributed by atoms with van der Waals surface area (Å²) in [4.78, 5) is 16.5. The number of fused-ring (bicyclic) bond motifs is 1. The Morgan fingerprint density at radius 2 is 2.00 bits per heavy atom. The summed E-state index contributed by atoms with van der Waals surface area (Å²) in [5, 5.41) is 13.7. The highest BCUT2D eigenvalue weighted by atomic mass is 35.5. The number of ether oxygens (including phenoxy) is 2. The fourth-order valence-corrected chi connectivity index (χ4v) is 5.28. The first-order chi connectivity index (χ1) is 16.6. The van der Waals surface area contributed by atoms with Crippen LogP contribution in [0.15, 0.2) is 52.1 Å².